The van der Waals surface area contributed by atoms with Gasteiger partial charge in [-0.1, -0.05) is 19.0 Å². The fourth-order valence-corrected chi connectivity index (χ4v) is 2.37. The molecule has 1 fully saturated rings. The van der Waals surface area contributed by atoms with Crippen LogP contribution in [-0.4, -0.2) is 52.4 Å². The Bertz CT molecular complexity index is 374. The highest BCUT2D eigenvalue weighted by molar-refractivity contribution is 4.91. The SMILES string of the molecule is CC(C)c1nc(CN(CCO)CC2CCCN2)no1. The van der Waals surface area contributed by atoms with E-state index in [2.05, 4.69) is 20.4 Å². The van der Waals surface area contributed by atoms with Crippen LogP contribution in [-0.2, 0) is 6.54 Å². The first-order valence-electron chi connectivity index (χ1n) is 7.08. The minimum Gasteiger partial charge on any atom is -0.395 e. The molecule has 2 rings (SSSR count). The Morgan fingerprint density at radius 2 is 2.37 bits per heavy atom. The molecular formula is C13H24N4O2. The van der Waals surface area contributed by atoms with Gasteiger partial charge in [0.2, 0.25) is 5.89 Å². The smallest absolute Gasteiger partial charge is 0.229 e. The molecule has 6 heteroatoms. The zero-order chi connectivity index (χ0) is 13.7. The van der Waals surface area contributed by atoms with Gasteiger partial charge in [-0.2, -0.15) is 4.98 Å². The van der Waals surface area contributed by atoms with Gasteiger partial charge in [-0.25, -0.2) is 0 Å². The van der Waals surface area contributed by atoms with E-state index in [9.17, 15) is 0 Å². The van der Waals surface area contributed by atoms with Crippen LogP contribution in [0.2, 0.25) is 0 Å². The first-order valence-corrected chi connectivity index (χ1v) is 7.08. The van der Waals surface area contributed by atoms with Crippen molar-refractivity contribution in [1.82, 2.24) is 20.4 Å². The maximum absolute atomic E-state index is 9.16. The molecule has 6 nitrogen and oxygen atoms in total. The summed E-state index contributed by atoms with van der Waals surface area (Å²) < 4.78 is 5.21. The molecule has 0 aliphatic carbocycles. The topological polar surface area (TPSA) is 74.4 Å². The van der Waals surface area contributed by atoms with Crippen molar-refractivity contribution in [3.8, 4) is 0 Å². The molecule has 0 saturated carbocycles. The van der Waals surface area contributed by atoms with Crippen LogP contribution < -0.4 is 5.32 Å². The van der Waals surface area contributed by atoms with E-state index in [1.54, 1.807) is 0 Å². The molecule has 1 atom stereocenters. The Labute approximate surface area is 114 Å². The number of rotatable bonds is 7. The van der Waals surface area contributed by atoms with Crippen molar-refractivity contribution in [2.24, 2.45) is 0 Å². The molecule has 1 aliphatic rings. The molecule has 1 unspecified atom stereocenters. The minimum absolute atomic E-state index is 0.154. The molecule has 1 aromatic rings. The summed E-state index contributed by atoms with van der Waals surface area (Å²) in [5.41, 5.74) is 0. The van der Waals surface area contributed by atoms with Gasteiger partial charge in [-0.3, -0.25) is 4.90 Å². The van der Waals surface area contributed by atoms with Gasteiger partial charge in [0.05, 0.1) is 13.2 Å². The Morgan fingerprint density at radius 3 is 2.95 bits per heavy atom. The maximum Gasteiger partial charge on any atom is 0.229 e. The minimum atomic E-state index is 0.154. The van der Waals surface area contributed by atoms with Crippen molar-refractivity contribution in [3.05, 3.63) is 11.7 Å². The standard InChI is InChI=1S/C13H24N4O2/c1-10(2)13-15-12(16-19-13)9-17(6-7-18)8-11-4-3-5-14-11/h10-11,14,18H,3-9H2,1-2H3. The van der Waals surface area contributed by atoms with E-state index in [4.69, 9.17) is 9.63 Å². The third-order valence-corrected chi connectivity index (χ3v) is 3.40. The van der Waals surface area contributed by atoms with Crippen LogP contribution in [0.15, 0.2) is 4.52 Å². The average molecular weight is 268 g/mol. The second kappa shape index (κ2) is 6.98. The van der Waals surface area contributed by atoms with E-state index in [0.29, 0.717) is 30.8 Å². The monoisotopic (exact) mass is 268 g/mol. The van der Waals surface area contributed by atoms with Crippen molar-refractivity contribution < 1.29 is 9.63 Å². The van der Waals surface area contributed by atoms with Crippen LogP contribution in [0.3, 0.4) is 0 Å². The number of hydrogen-bond acceptors (Lipinski definition) is 6. The molecule has 0 bridgehead atoms. The molecule has 0 radical (unpaired) electrons. The molecule has 0 aromatic carbocycles. The molecule has 2 N–H and O–H groups in total. The fourth-order valence-electron chi connectivity index (χ4n) is 2.37. The van der Waals surface area contributed by atoms with Gasteiger partial charge in [0.25, 0.3) is 0 Å². The van der Waals surface area contributed by atoms with E-state index in [-0.39, 0.29) is 12.5 Å². The number of nitrogens with zero attached hydrogens (tertiary/aromatic N) is 3. The summed E-state index contributed by atoms with van der Waals surface area (Å²) in [6.07, 6.45) is 2.43. The number of aliphatic hydroxyl groups is 1. The molecule has 0 amide bonds. The highest BCUT2D eigenvalue weighted by Gasteiger charge is 2.19. The van der Waals surface area contributed by atoms with Crippen LogP contribution >= 0.6 is 0 Å². The lowest BCUT2D eigenvalue weighted by atomic mass is 10.2. The Balaban J connectivity index is 1.90. The number of aromatic nitrogens is 2. The van der Waals surface area contributed by atoms with Crippen LogP contribution in [0.5, 0.6) is 0 Å². The lowest BCUT2D eigenvalue weighted by molar-refractivity contribution is 0.174. The zero-order valence-electron chi connectivity index (χ0n) is 11.8. The van der Waals surface area contributed by atoms with Crippen molar-refractivity contribution >= 4 is 0 Å². The molecule has 1 aromatic heterocycles. The summed E-state index contributed by atoms with van der Waals surface area (Å²) in [6.45, 7) is 7.51. The van der Waals surface area contributed by atoms with Gasteiger partial charge >= 0.3 is 0 Å². The summed E-state index contributed by atoms with van der Waals surface area (Å²) in [7, 11) is 0. The van der Waals surface area contributed by atoms with Crippen molar-refractivity contribution in [1.29, 1.82) is 0 Å². The van der Waals surface area contributed by atoms with Crippen molar-refractivity contribution in [2.75, 3.05) is 26.2 Å². The van der Waals surface area contributed by atoms with Gasteiger partial charge in [0, 0.05) is 25.0 Å². The summed E-state index contributed by atoms with van der Waals surface area (Å²) in [6, 6.07) is 0.517. The second-order valence-electron chi connectivity index (χ2n) is 5.46. The quantitative estimate of drug-likeness (QED) is 0.760. The van der Waals surface area contributed by atoms with Crippen LogP contribution in [0, 0.1) is 0 Å². The lowest BCUT2D eigenvalue weighted by Crippen LogP contribution is -2.38. The van der Waals surface area contributed by atoms with E-state index >= 15 is 0 Å². The Morgan fingerprint density at radius 1 is 1.53 bits per heavy atom. The largest absolute Gasteiger partial charge is 0.395 e. The van der Waals surface area contributed by atoms with Gasteiger partial charge in [0.1, 0.15) is 0 Å². The summed E-state index contributed by atoms with van der Waals surface area (Å²) in [4.78, 5) is 6.56. The highest BCUT2D eigenvalue weighted by atomic mass is 16.5. The van der Waals surface area contributed by atoms with Gasteiger partial charge in [-0.15, -0.1) is 0 Å². The van der Waals surface area contributed by atoms with Crippen molar-refractivity contribution in [2.45, 2.75) is 45.2 Å². The van der Waals surface area contributed by atoms with E-state index in [0.717, 1.165) is 13.1 Å². The summed E-state index contributed by atoms with van der Waals surface area (Å²) in [5.74, 6) is 1.64. The van der Waals surface area contributed by atoms with Crippen molar-refractivity contribution in [3.63, 3.8) is 0 Å². The molecule has 2 heterocycles. The third kappa shape index (κ3) is 4.26. The van der Waals surface area contributed by atoms with Gasteiger partial charge < -0.3 is 14.9 Å². The molecule has 1 saturated heterocycles. The predicted octanol–water partition coefficient (Wildman–Crippen LogP) is 0.739. The maximum atomic E-state index is 9.16. The fraction of sp³-hybridized carbons (Fsp3) is 0.846. The second-order valence-corrected chi connectivity index (χ2v) is 5.46. The number of nitrogens with one attached hydrogen (secondary N) is 1. The highest BCUT2D eigenvalue weighted by Crippen LogP contribution is 2.13. The first-order chi connectivity index (χ1) is 9.19. The van der Waals surface area contributed by atoms with Gasteiger partial charge in [-0.05, 0) is 19.4 Å². The number of aliphatic hydroxyl groups excluding tert-OH is 1. The molecule has 0 spiro atoms. The third-order valence-electron chi connectivity index (χ3n) is 3.40. The molecule has 1 aliphatic heterocycles. The Kier molecular flexibility index (Phi) is 5.30. The molecule has 19 heavy (non-hydrogen) atoms. The van der Waals surface area contributed by atoms with E-state index in [1.165, 1.54) is 12.8 Å². The van der Waals surface area contributed by atoms with Crippen LogP contribution in [0.25, 0.3) is 0 Å². The normalized spacial score (nSPS) is 19.7. The van der Waals surface area contributed by atoms with Crippen LogP contribution in [0.4, 0.5) is 0 Å². The molecular weight excluding hydrogens is 244 g/mol. The van der Waals surface area contributed by atoms with Gasteiger partial charge in [0.15, 0.2) is 5.82 Å². The predicted molar refractivity (Wildman–Crippen MR) is 71.8 cm³/mol. The zero-order valence-corrected chi connectivity index (χ0v) is 11.8. The average Bonchev–Trinajstić information content (AvgIpc) is 3.00. The van der Waals surface area contributed by atoms with E-state index in [1.807, 2.05) is 13.8 Å². The first kappa shape index (κ1) is 14.4. The lowest BCUT2D eigenvalue weighted by Gasteiger charge is -2.23. The summed E-state index contributed by atoms with van der Waals surface area (Å²) >= 11 is 0. The van der Waals surface area contributed by atoms with E-state index < -0.39 is 0 Å². The Hall–Kier alpha value is -0.980. The van der Waals surface area contributed by atoms with Crippen LogP contribution in [0.1, 0.15) is 44.3 Å². The molecule has 108 valence electrons. The summed E-state index contributed by atoms with van der Waals surface area (Å²) in [5, 5.41) is 16.6. The number of hydrogen-bond donors (Lipinski definition) is 2.